The molecule has 5 aliphatic carbocycles. The van der Waals surface area contributed by atoms with E-state index in [4.69, 9.17) is 0 Å². The van der Waals surface area contributed by atoms with Crippen LogP contribution in [0, 0.1) is 29.1 Å². The van der Waals surface area contributed by atoms with Crippen molar-refractivity contribution in [1.82, 2.24) is 0 Å². The molecule has 5 fully saturated rings. The van der Waals surface area contributed by atoms with Crippen LogP contribution in [-0.2, 0) is 0 Å². The molecule has 20 heavy (non-hydrogen) atoms. The van der Waals surface area contributed by atoms with Gasteiger partial charge in [0.2, 0.25) is 0 Å². The van der Waals surface area contributed by atoms with Gasteiger partial charge in [-0.25, -0.2) is 0 Å². The lowest BCUT2D eigenvalue weighted by atomic mass is 9.48. The fourth-order valence-electron chi connectivity index (χ4n) is 6.93. The molecule has 1 heteroatoms. The molecule has 0 radical (unpaired) electrons. The lowest BCUT2D eigenvalue weighted by Gasteiger charge is -2.57. The van der Waals surface area contributed by atoms with Gasteiger partial charge in [-0.2, -0.15) is 0 Å². The highest BCUT2D eigenvalue weighted by molar-refractivity contribution is 5.02. The highest BCUT2D eigenvalue weighted by atomic mass is 16.3. The smallest absolute Gasteiger partial charge is 0.0548 e. The molecule has 114 valence electrons. The molecule has 0 saturated heterocycles. The summed E-state index contributed by atoms with van der Waals surface area (Å²) < 4.78 is 0. The standard InChI is InChI=1S/C19H32O/c20-18(9-14-4-2-1-3-5-14)13-19-10-15-6-16(11-19)8-17(7-15)12-19/h14-18,20H,1-13H2. The van der Waals surface area contributed by atoms with E-state index in [-0.39, 0.29) is 6.10 Å². The van der Waals surface area contributed by atoms with E-state index in [0.29, 0.717) is 5.41 Å². The summed E-state index contributed by atoms with van der Waals surface area (Å²) in [7, 11) is 0. The summed E-state index contributed by atoms with van der Waals surface area (Å²) in [6.07, 6.45) is 18.3. The molecule has 1 nitrogen and oxygen atoms in total. The van der Waals surface area contributed by atoms with E-state index >= 15 is 0 Å². The zero-order valence-corrected chi connectivity index (χ0v) is 13.0. The molecule has 5 rings (SSSR count). The molecule has 0 heterocycles. The van der Waals surface area contributed by atoms with E-state index in [1.807, 2.05) is 0 Å². The Balaban J connectivity index is 1.36. The summed E-state index contributed by atoms with van der Waals surface area (Å²) >= 11 is 0. The van der Waals surface area contributed by atoms with Gasteiger partial charge in [-0.15, -0.1) is 0 Å². The third-order valence-electron chi connectivity index (χ3n) is 7.16. The largest absolute Gasteiger partial charge is 0.393 e. The second-order valence-corrected chi connectivity index (χ2v) is 9.02. The lowest BCUT2D eigenvalue weighted by molar-refractivity contribution is -0.0786. The Kier molecular flexibility index (Phi) is 3.61. The SMILES string of the molecule is OC(CC1CCCCC1)CC12CC3CC(CC(C3)C1)C2. The Morgan fingerprint density at radius 1 is 0.850 bits per heavy atom. The predicted molar refractivity (Wildman–Crippen MR) is 82.4 cm³/mol. The molecule has 1 unspecified atom stereocenters. The molecule has 5 saturated carbocycles. The highest BCUT2D eigenvalue weighted by Crippen LogP contribution is 2.61. The van der Waals surface area contributed by atoms with E-state index in [1.54, 1.807) is 0 Å². The summed E-state index contributed by atoms with van der Waals surface area (Å²) in [5.41, 5.74) is 0.572. The average Bonchev–Trinajstić information content (AvgIpc) is 2.37. The summed E-state index contributed by atoms with van der Waals surface area (Å²) in [5, 5.41) is 10.7. The fourth-order valence-corrected chi connectivity index (χ4v) is 6.93. The van der Waals surface area contributed by atoms with Gasteiger partial charge in [-0.05, 0) is 80.5 Å². The van der Waals surface area contributed by atoms with Gasteiger partial charge in [0.1, 0.15) is 0 Å². The third-order valence-corrected chi connectivity index (χ3v) is 7.16. The van der Waals surface area contributed by atoms with Gasteiger partial charge in [0.05, 0.1) is 6.10 Å². The number of hydrogen-bond donors (Lipinski definition) is 1. The molecular weight excluding hydrogens is 244 g/mol. The van der Waals surface area contributed by atoms with Crippen molar-refractivity contribution >= 4 is 0 Å². The van der Waals surface area contributed by atoms with E-state index < -0.39 is 0 Å². The van der Waals surface area contributed by atoms with Crippen molar-refractivity contribution < 1.29 is 5.11 Å². The molecular formula is C19H32O. The average molecular weight is 276 g/mol. The predicted octanol–water partition coefficient (Wildman–Crippen LogP) is 4.92. The minimum atomic E-state index is 0.00866. The summed E-state index contributed by atoms with van der Waals surface area (Å²) in [6.45, 7) is 0. The topological polar surface area (TPSA) is 20.2 Å². The number of aliphatic hydroxyl groups is 1. The second kappa shape index (κ2) is 5.30. The second-order valence-electron chi connectivity index (χ2n) is 9.02. The Bertz CT molecular complexity index is 306. The number of aliphatic hydroxyl groups excluding tert-OH is 1. The van der Waals surface area contributed by atoms with E-state index in [2.05, 4.69) is 0 Å². The van der Waals surface area contributed by atoms with Crippen molar-refractivity contribution in [3.63, 3.8) is 0 Å². The number of rotatable bonds is 4. The van der Waals surface area contributed by atoms with Crippen LogP contribution in [0.5, 0.6) is 0 Å². The molecule has 0 aliphatic heterocycles. The van der Waals surface area contributed by atoms with Crippen molar-refractivity contribution in [2.75, 3.05) is 0 Å². The number of hydrogen-bond acceptors (Lipinski definition) is 1. The zero-order chi connectivity index (χ0) is 13.6. The van der Waals surface area contributed by atoms with E-state index in [1.165, 1.54) is 70.6 Å². The minimum Gasteiger partial charge on any atom is -0.393 e. The van der Waals surface area contributed by atoms with Gasteiger partial charge in [-0.1, -0.05) is 32.1 Å². The Hall–Kier alpha value is -0.0400. The van der Waals surface area contributed by atoms with Crippen LogP contribution in [0.3, 0.4) is 0 Å². The normalized spacial score (nSPS) is 45.8. The summed E-state index contributed by atoms with van der Waals surface area (Å²) in [4.78, 5) is 0. The molecule has 1 N–H and O–H groups in total. The monoisotopic (exact) mass is 276 g/mol. The molecule has 0 spiro atoms. The first-order valence-electron chi connectivity index (χ1n) is 9.39. The Morgan fingerprint density at radius 3 is 1.95 bits per heavy atom. The van der Waals surface area contributed by atoms with Crippen LogP contribution in [0.2, 0.25) is 0 Å². The fraction of sp³-hybridized carbons (Fsp3) is 1.00. The van der Waals surface area contributed by atoms with Gasteiger partial charge in [0.15, 0.2) is 0 Å². The Morgan fingerprint density at radius 2 is 1.40 bits per heavy atom. The Labute approximate surface area is 124 Å². The van der Waals surface area contributed by atoms with Crippen LogP contribution >= 0.6 is 0 Å². The van der Waals surface area contributed by atoms with Gasteiger partial charge < -0.3 is 5.11 Å². The molecule has 4 bridgehead atoms. The maximum atomic E-state index is 10.7. The zero-order valence-electron chi connectivity index (χ0n) is 13.0. The van der Waals surface area contributed by atoms with E-state index in [0.717, 1.165) is 36.5 Å². The van der Waals surface area contributed by atoms with Crippen LogP contribution in [0.15, 0.2) is 0 Å². The van der Waals surface area contributed by atoms with Crippen molar-refractivity contribution in [3.8, 4) is 0 Å². The van der Waals surface area contributed by atoms with Crippen molar-refractivity contribution in [1.29, 1.82) is 0 Å². The molecule has 1 atom stereocenters. The van der Waals surface area contributed by atoms with Gasteiger partial charge in [0.25, 0.3) is 0 Å². The maximum Gasteiger partial charge on any atom is 0.0548 e. The van der Waals surface area contributed by atoms with Gasteiger partial charge >= 0.3 is 0 Å². The first kappa shape index (κ1) is 13.6. The highest BCUT2D eigenvalue weighted by Gasteiger charge is 2.51. The maximum absolute atomic E-state index is 10.7. The van der Waals surface area contributed by atoms with Crippen LogP contribution in [0.1, 0.15) is 83.5 Å². The molecule has 0 aromatic rings. The molecule has 5 aliphatic rings. The van der Waals surface area contributed by atoms with Gasteiger partial charge in [0, 0.05) is 0 Å². The third kappa shape index (κ3) is 2.67. The van der Waals surface area contributed by atoms with Gasteiger partial charge in [-0.3, -0.25) is 0 Å². The van der Waals surface area contributed by atoms with Crippen LogP contribution in [-0.4, -0.2) is 11.2 Å². The van der Waals surface area contributed by atoms with E-state index in [9.17, 15) is 5.11 Å². The molecule has 0 aromatic heterocycles. The van der Waals surface area contributed by atoms with Crippen molar-refractivity contribution in [2.45, 2.75) is 89.6 Å². The quantitative estimate of drug-likeness (QED) is 0.772. The first-order valence-corrected chi connectivity index (χ1v) is 9.39. The summed E-state index contributed by atoms with van der Waals surface area (Å²) in [6, 6.07) is 0. The van der Waals surface area contributed by atoms with Crippen LogP contribution in [0.25, 0.3) is 0 Å². The van der Waals surface area contributed by atoms with Crippen molar-refractivity contribution in [2.24, 2.45) is 29.1 Å². The molecule has 0 amide bonds. The first-order chi connectivity index (χ1) is 9.71. The van der Waals surface area contributed by atoms with Crippen LogP contribution < -0.4 is 0 Å². The van der Waals surface area contributed by atoms with Crippen molar-refractivity contribution in [3.05, 3.63) is 0 Å². The summed E-state index contributed by atoms with van der Waals surface area (Å²) in [5.74, 6) is 3.93. The lowest BCUT2D eigenvalue weighted by Crippen LogP contribution is -2.47. The van der Waals surface area contributed by atoms with Crippen LogP contribution in [0.4, 0.5) is 0 Å². The molecule has 0 aromatic carbocycles. The minimum absolute atomic E-state index is 0.00866.